The highest BCUT2D eigenvalue weighted by atomic mass is 16.4. The van der Waals surface area contributed by atoms with Crippen LogP contribution in [0.1, 0.15) is 23.2 Å². The number of carbonyl (C=O) groups is 3. The van der Waals surface area contributed by atoms with Gasteiger partial charge < -0.3 is 21.1 Å². The van der Waals surface area contributed by atoms with E-state index < -0.39 is 18.4 Å². The zero-order valence-electron chi connectivity index (χ0n) is 11.4. The topological polar surface area (TPSA) is 108 Å². The number of rotatable bonds is 5. The van der Waals surface area contributed by atoms with Crippen LogP contribution in [-0.4, -0.2) is 42.0 Å². The molecule has 0 spiro atoms. The monoisotopic (exact) mass is 291 g/mol. The van der Waals surface area contributed by atoms with Gasteiger partial charge in [-0.25, -0.2) is 0 Å². The quantitative estimate of drug-likeness (QED) is 0.619. The number of nitrogens with one attached hydrogen (secondary N) is 3. The molecule has 1 aliphatic heterocycles. The van der Waals surface area contributed by atoms with Crippen LogP contribution in [0.5, 0.6) is 0 Å². The molecule has 7 nitrogen and oxygen atoms in total. The highest BCUT2D eigenvalue weighted by molar-refractivity contribution is 5.98. The summed E-state index contributed by atoms with van der Waals surface area (Å²) in [5.41, 5.74) is 0.941. The SMILES string of the molecule is O=C(O)CNC(=O)c1ccc(NC(=O)[C@@H]2CCCN2)cc1. The van der Waals surface area contributed by atoms with Gasteiger partial charge in [-0.15, -0.1) is 0 Å². The number of carboxylic acids is 1. The van der Waals surface area contributed by atoms with E-state index in [0.29, 0.717) is 11.3 Å². The van der Waals surface area contributed by atoms with E-state index in [-0.39, 0.29) is 11.9 Å². The Hall–Kier alpha value is -2.41. The van der Waals surface area contributed by atoms with Crippen LogP contribution in [-0.2, 0) is 9.59 Å². The molecule has 2 rings (SSSR count). The van der Waals surface area contributed by atoms with E-state index in [4.69, 9.17) is 5.11 Å². The maximum atomic E-state index is 11.9. The van der Waals surface area contributed by atoms with Crippen molar-refractivity contribution in [1.82, 2.24) is 10.6 Å². The van der Waals surface area contributed by atoms with Gasteiger partial charge in [0.25, 0.3) is 5.91 Å². The van der Waals surface area contributed by atoms with Crippen LogP contribution in [0.15, 0.2) is 24.3 Å². The van der Waals surface area contributed by atoms with Gasteiger partial charge in [0.1, 0.15) is 6.54 Å². The molecule has 112 valence electrons. The van der Waals surface area contributed by atoms with Gasteiger partial charge in [0.2, 0.25) is 5.91 Å². The summed E-state index contributed by atoms with van der Waals surface area (Å²) in [5.74, 6) is -1.65. The molecule has 21 heavy (non-hydrogen) atoms. The molecular weight excluding hydrogens is 274 g/mol. The first-order chi connectivity index (χ1) is 10.1. The largest absolute Gasteiger partial charge is 0.480 e. The maximum Gasteiger partial charge on any atom is 0.322 e. The lowest BCUT2D eigenvalue weighted by atomic mass is 10.1. The number of hydrogen-bond donors (Lipinski definition) is 4. The Kier molecular flexibility index (Phi) is 4.89. The molecule has 0 bridgehead atoms. The first kappa shape index (κ1) is 15.0. The molecule has 4 N–H and O–H groups in total. The zero-order chi connectivity index (χ0) is 15.2. The molecule has 1 aromatic carbocycles. The smallest absolute Gasteiger partial charge is 0.322 e. The molecule has 0 radical (unpaired) electrons. The molecule has 1 aliphatic rings. The van der Waals surface area contributed by atoms with Crippen LogP contribution in [0.4, 0.5) is 5.69 Å². The summed E-state index contributed by atoms with van der Waals surface area (Å²) in [4.78, 5) is 33.9. The Balaban J connectivity index is 1.90. The average Bonchev–Trinajstić information content (AvgIpc) is 3.00. The standard InChI is InChI=1S/C14H17N3O4/c18-12(19)8-16-13(20)9-3-5-10(6-4-9)17-14(21)11-2-1-7-15-11/h3-6,11,15H,1-2,7-8H2,(H,16,20)(H,17,21)(H,18,19)/t11-/m0/s1. The summed E-state index contributed by atoms with van der Waals surface area (Å²) in [7, 11) is 0. The van der Waals surface area contributed by atoms with E-state index in [1.165, 1.54) is 12.1 Å². The van der Waals surface area contributed by atoms with E-state index in [9.17, 15) is 14.4 Å². The van der Waals surface area contributed by atoms with Crippen molar-refractivity contribution < 1.29 is 19.5 Å². The summed E-state index contributed by atoms with van der Waals surface area (Å²) >= 11 is 0. The molecular formula is C14H17N3O4. The molecule has 0 unspecified atom stereocenters. The van der Waals surface area contributed by atoms with Gasteiger partial charge in [-0.2, -0.15) is 0 Å². The lowest BCUT2D eigenvalue weighted by Gasteiger charge is -2.11. The molecule has 1 fully saturated rings. The van der Waals surface area contributed by atoms with E-state index >= 15 is 0 Å². The lowest BCUT2D eigenvalue weighted by Crippen LogP contribution is -2.35. The summed E-state index contributed by atoms with van der Waals surface area (Å²) in [5, 5.41) is 16.6. The Morgan fingerprint density at radius 3 is 2.52 bits per heavy atom. The van der Waals surface area contributed by atoms with Crippen molar-refractivity contribution in [2.75, 3.05) is 18.4 Å². The van der Waals surface area contributed by atoms with Gasteiger partial charge in [0.05, 0.1) is 6.04 Å². The Labute approximate surface area is 121 Å². The van der Waals surface area contributed by atoms with Gasteiger partial charge >= 0.3 is 5.97 Å². The Morgan fingerprint density at radius 2 is 1.95 bits per heavy atom. The van der Waals surface area contributed by atoms with Gasteiger partial charge in [-0.3, -0.25) is 14.4 Å². The third kappa shape index (κ3) is 4.28. The van der Waals surface area contributed by atoms with Crippen molar-refractivity contribution in [3.05, 3.63) is 29.8 Å². The highest BCUT2D eigenvalue weighted by Gasteiger charge is 2.21. The number of carboxylic acid groups (broad SMARTS) is 1. The van der Waals surface area contributed by atoms with Crippen LogP contribution in [0.25, 0.3) is 0 Å². The van der Waals surface area contributed by atoms with E-state index in [1.807, 2.05) is 0 Å². The third-order valence-electron chi connectivity index (χ3n) is 3.19. The van der Waals surface area contributed by atoms with E-state index in [2.05, 4.69) is 16.0 Å². The number of anilines is 1. The van der Waals surface area contributed by atoms with E-state index in [1.54, 1.807) is 12.1 Å². The molecule has 0 saturated carbocycles. The second-order valence-corrected chi connectivity index (χ2v) is 4.79. The zero-order valence-corrected chi connectivity index (χ0v) is 11.4. The summed E-state index contributed by atoms with van der Waals surface area (Å²) < 4.78 is 0. The minimum Gasteiger partial charge on any atom is -0.480 e. The summed E-state index contributed by atoms with van der Waals surface area (Å²) in [6.07, 6.45) is 1.81. The van der Waals surface area contributed by atoms with Crippen molar-refractivity contribution in [3.8, 4) is 0 Å². The predicted octanol–water partition coefficient (Wildman–Crippen LogP) is 0.191. The van der Waals surface area contributed by atoms with Gasteiger partial charge in [0, 0.05) is 11.3 Å². The third-order valence-corrected chi connectivity index (χ3v) is 3.19. The number of benzene rings is 1. The second-order valence-electron chi connectivity index (χ2n) is 4.79. The van der Waals surface area contributed by atoms with Crippen molar-refractivity contribution in [3.63, 3.8) is 0 Å². The van der Waals surface area contributed by atoms with Crippen LogP contribution in [0, 0.1) is 0 Å². The van der Waals surface area contributed by atoms with Crippen molar-refractivity contribution in [1.29, 1.82) is 0 Å². The van der Waals surface area contributed by atoms with Crippen LogP contribution in [0.2, 0.25) is 0 Å². The second kappa shape index (κ2) is 6.85. The van der Waals surface area contributed by atoms with Crippen molar-refractivity contribution in [2.45, 2.75) is 18.9 Å². The Bertz CT molecular complexity index is 536. The number of amides is 2. The number of carbonyl (C=O) groups excluding carboxylic acids is 2. The molecule has 1 saturated heterocycles. The maximum absolute atomic E-state index is 11.9. The molecule has 7 heteroatoms. The minimum absolute atomic E-state index is 0.0874. The van der Waals surface area contributed by atoms with Gasteiger partial charge in [-0.05, 0) is 43.7 Å². The molecule has 0 aromatic heterocycles. The van der Waals surface area contributed by atoms with E-state index in [0.717, 1.165) is 19.4 Å². The van der Waals surface area contributed by atoms with Gasteiger partial charge in [0.15, 0.2) is 0 Å². The number of hydrogen-bond acceptors (Lipinski definition) is 4. The first-order valence-electron chi connectivity index (χ1n) is 6.70. The predicted molar refractivity (Wildman–Crippen MR) is 76.1 cm³/mol. The number of aliphatic carboxylic acids is 1. The average molecular weight is 291 g/mol. The van der Waals surface area contributed by atoms with Crippen molar-refractivity contribution >= 4 is 23.5 Å². The summed E-state index contributed by atoms with van der Waals surface area (Å²) in [6.45, 7) is 0.422. The van der Waals surface area contributed by atoms with Crippen LogP contribution >= 0.6 is 0 Å². The summed E-state index contributed by atoms with van der Waals surface area (Å²) in [6, 6.07) is 6.14. The highest BCUT2D eigenvalue weighted by Crippen LogP contribution is 2.12. The Morgan fingerprint density at radius 1 is 1.24 bits per heavy atom. The fraction of sp³-hybridized carbons (Fsp3) is 0.357. The molecule has 1 atom stereocenters. The lowest BCUT2D eigenvalue weighted by molar-refractivity contribution is -0.135. The van der Waals surface area contributed by atoms with Crippen LogP contribution in [0.3, 0.4) is 0 Å². The molecule has 1 aromatic rings. The minimum atomic E-state index is -1.10. The fourth-order valence-electron chi connectivity index (χ4n) is 2.10. The van der Waals surface area contributed by atoms with Crippen molar-refractivity contribution in [2.24, 2.45) is 0 Å². The molecule has 1 heterocycles. The molecule has 2 amide bonds. The normalized spacial score (nSPS) is 17.2. The first-order valence-corrected chi connectivity index (χ1v) is 6.70. The molecule has 0 aliphatic carbocycles. The fourth-order valence-corrected chi connectivity index (χ4v) is 2.10. The van der Waals surface area contributed by atoms with Crippen LogP contribution < -0.4 is 16.0 Å². The van der Waals surface area contributed by atoms with Gasteiger partial charge in [-0.1, -0.05) is 0 Å².